The Labute approximate surface area is 81.3 Å². The average Bonchev–Trinajstić information content (AvgIpc) is 2.04. The van der Waals surface area contributed by atoms with E-state index in [0.29, 0.717) is 3.92 Å². The summed E-state index contributed by atoms with van der Waals surface area (Å²) in [6.07, 6.45) is 3.90. The third kappa shape index (κ3) is 2.05. The van der Waals surface area contributed by atoms with Gasteiger partial charge in [0.1, 0.15) is 0 Å². The molecule has 1 rings (SSSR count). The summed E-state index contributed by atoms with van der Waals surface area (Å²) in [5, 5.41) is 0. The van der Waals surface area contributed by atoms with E-state index in [1.54, 1.807) is 0 Å². The van der Waals surface area contributed by atoms with Crippen molar-refractivity contribution in [3.05, 3.63) is 0 Å². The van der Waals surface area contributed by atoms with E-state index in [2.05, 4.69) is 34.5 Å². The molecule has 0 N–H and O–H groups in total. The third-order valence-electron chi connectivity index (χ3n) is 1.85. The lowest BCUT2D eigenvalue weighted by molar-refractivity contribution is 0.502. The first-order chi connectivity index (χ1) is 4.72. The van der Waals surface area contributed by atoms with Crippen LogP contribution in [0.4, 0.5) is 0 Å². The van der Waals surface area contributed by atoms with E-state index in [9.17, 15) is 0 Å². The number of halogens is 1. The maximum Gasteiger partial charge on any atom is 0.0906 e. The zero-order chi connectivity index (χ0) is 7.56. The predicted octanol–water partition coefficient (Wildman–Crippen LogP) is 2.23. The zero-order valence-electron chi connectivity index (χ0n) is 6.14. The fourth-order valence-corrected chi connectivity index (χ4v) is 2.27. The molecule has 1 atom stereocenters. The number of likely N-dealkylation sites (tertiary alicyclic amines) is 1. The number of nitrogens with zero attached hydrogens (tertiary/aromatic N) is 1. The highest BCUT2D eigenvalue weighted by molar-refractivity contribution is 14.1. The molecule has 3 heteroatoms. The van der Waals surface area contributed by atoms with Crippen LogP contribution in [0.5, 0.6) is 0 Å². The molecule has 1 unspecified atom stereocenters. The van der Waals surface area contributed by atoms with Crippen LogP contribution < -0.4 is 0 Å². The average molecular weight is 269 g/mol. The molecule has 0 aromatic rings. The van der Waals surface area contributed by atoms with Crippen molar-refractivity contribution in [2.24, 2.45) is 0 Å². The minimum absolute atomic E-state index is 0.597. The van der Waals surface area contributed by atoms with Gasteiger partial charge in [0.2, 0.25) is 0 Å². The summed E-state index contributed by atoms with van der Waals surface area (Å²) in [6.45, 7) is 1.15. The number of hydrogen-bond acceptors (Lipinski definition) is 1. The van der Waals surface area contributed by atoms with Crippen LogP contribution >= 0.6 is 34.8 Å². The second-order valence-corrected chi connectivity index (χ2v) is 4.64. The highest BCUT2D eigenvalue weighted by Gasteiger charge is 2.17. The van der Waals surface area contributed by atoms with Crippen LogP contribution in [-0.2, 0) is 0 Å². The van der Waals surface area contributed by atoms with Gasteiger partial charge in [0, 0.05) is 13.6 Å². The van der Waals surface area contributed by atoms with Crippen LogP contribution in [0, 0.1) is 0 Å². The molecule has 0 bridgehead atoms. The number of thiocarbonyl (C=S) groups is 1. The van der Waals surface area contributed by atoms with Gasteiger partial charge in [0.05, 0.1) is 8.91 Å². The maximum atomic E-state index is 5.26. The largest absolute Gasteiger partial charge is 0.368 e. The van der Waals surface area contributed by atoms with Gasteiger partial charge >= 0.3 is 0 Å². The number of alkyl halides is 1. The van der Waals surface area contributed by atoms with Crippen molar-refractivity contribution >= 4 is 39.8 Å². The molecule has 1 aliphatic rings. The van der Waals surface area contributed by atoms with Crippen molar-refractivity contribution in [3.63, 3.8) is 0 Å². The molecule has 0 aromatic heterocycles. The summed E-state index contributed by atoms with van der Waals surface area (Å²) in [6, 6.07) is 0. The number of rotatable bonds is 0. The van der Waals surface area contributed by atoms with Gasteiger partial charge in [0.25, 0.3) is 0 Å². The van der Waals surface area contributed by atoms with Crippen LogP contribution in [0.3, 0.4) is 0 Å². The quantitative estimate of drug-likeness (QED) is 0.377. The first-order valence-corrected chi connectivity index (χ1v) is 5.26. The first-order valence-electron chi connectivity index (χ1n) is 3.61. The normalized spacial score (nSPS) is 28.4. The predicted molar refractivity (Wildman–Crippen MR) is 56.9 cm³/mol. The van der Waals surface area contributed by atoms with E-state index >= 15 is 0 Å². The van der Waals surface area contributed by atoms with E-state index in [0.717, 1.165) is 11.5 Å². The van der Waals surface area contributed by atoms with Gasteiger partial charge in [-0.25, -0.2) is 0 Å². The Bertz CT molecular complexity index is 124. The van der Waals surface area contributed by atoms with Crippen LogP contribution in [0.25, 0.3) is 0 Å². The van der Waals surface area contributed by atoms with Crippen molar-refractivity contribution in [1.29, 1.82) is 0 Å². The van der Waals surface area contributed by atoms with Gasteiger partial charge in [-0.05, 0) is 12.8 Å². The monoisotopic (exact) mass is 269 g/mol. The zero-order valence-corrected chi connectivity index (χ0v) is 9.11. The second-order valence-electron chi connectivity index (χ2n) is 2.72. The minimum Gasteiger partial charge on any atom is -0.368 e. The van der Waals surface area contributed by atoms with Crippen LogP contribution in [0.1, 0.15) is 19.3 Å². The van der Waals surface area contributed by atoms with Gasteiger partial charge in [0.15, 0.2) is 0 Å². The molecule has 0 aromatic carbocycles. The van der Waals surface area contributed by atoms with Crippen molar-refractivity contribution in [3.8, 4) is 0 Å². The van der Waals surface area contributed by atoms with Crippen LogP contribution in [-0.4, -0.2) is 27.4 Å². The topological polar surface area (TPSA) is 3.24 Å². The summed E-state index contributed by atoms with van der Waals surface area (Å²) < 4.78 is 0.597. The summed E-state index contributed by atoms with van der Waals surface area (Å²) in [5.41, 5.74) is 0. The van der Waals surface area contributed by atoms with Crippen LogP contribution in [0.15, 0.2) is 0 Å². The smallest absolute Gasteiger partial charge is 0.0906 e. The molecule has 10 heavy (non-hydrogen) atoms. The lowest BCUT2D eigenvalue weighted by atomic mass is 10.2. The SMILES string of the molecule is CN1CCCCC(I)C1=S. The molecule has 0 saturated carbocycles. The lowest BCUT2D eigenvalue weighted by Crippen LogP contribution is -2.29. The Balaban J connectivity index is 2.55. The Morgan fingerprint density at radius 1 is 1.60 bits per heavy atom. The van der Waals surface area contributed by atoms with Crippen molar-refractivity contribution < 1.29 is 0 Å². The van der Waals surface area contributed by atoms with Gasteiger partial charge in [-0.1, -0.05) is 41.2 Å². The van der Waals surface area contributed by atoms with Crippen molar-refractivity contribution in [1.82, 2.24) is 4.90 Å². The van der Waals surface area contributed by atoms with Gasteiger partial charge < -0.3 is 4.90 Å². The van der Waals surface area contributed by atoms with Crippen molar-refractivity contribution in [2.75, 3.05) is 13.6 Å². The Kier molecular flexibility index (Phi) is 3.36. The summed E-state index contributed by atoms with van der Waals surface area (Å²) in [5.74, 6) is 0. The number of hydrogen-bond donors (Lipinski definition) is 0. The minimum atomic E-state index is 0.597. The van der Waals surface area contributed by atoms with E-state index in [-0.39, 0.29) is 0 Å². The first kappa shape index (κ1) is 8.71. The molecule has 1 aliphatic heterocycles. The van der Waals surface area contributed by atoms with Gasteiger partial charge in [-0.15, -0.1) is 0 Å². The fourth-order valence-electron chi connectivity index (χ4n) is 1.15. The lowest BCUT2D eigenvalue weighted by Gasteiger charge is -2.18. The molecule has 58 valence electrons. The summed E-state index contributed by atoms with van der Waals surface area (Å²) in [7, 11) is 2.10. The van der Waals surface area contributed by atoms with Crippen molar-refractivity contribution in [2.45, 2.75) is 23.2 Å². The molecule has 0 radical (unpaired) electrons. The molecule has 0 spiro atoms. The van der Waals surface area contributed by atoms with Crippen LogP contribution in [0.2, 0.25) is 0 Å². The maximum absolute atomic E-state index is 5.26. The summed E-state index contributed by atoms with van der Waals surface area (Å²) >= 11 is 7.70. The molecule has 0 amide bonds. The highest BCUT2D eigenvalue weighted by atomic mass is 127. The standard InChI is InChI=1S/C7H12INS/c1-9-5-3-2-4-6(8)7(9)10/h6H,2-5H2,1H3. The molecule has 1 fully saturated rings. The third-order valence-corrected chi connectivity index (χ3v) is 4.08. The van der Waals surface area contributed by atoms with E-state index in [4.69, 9.17) is 12.2 Å². The van der Waals surface area contributed by atoms with Gasteiger partial charge in [-0.3, -0.25) is 0 Å². The Hall–Kier alpha value is 0.620. The Morgan fingerprint density at radius 3 is 3.00 bits per heavy atom. The fraction of sp³-hybridized carbons (Fsp3) is 0.857. The van der Waals surface area contributed by atoms with E-state index in [1.165, 1.54) is 19.3 Å². The van der Waals surface area contributed by atoms with E-state index < -0.39 is 0 Å². The molecular weight excluding hydrogens is 257 g/mol. The molecule has 1 nitrogen and oxygen atoms in total. The van der Waals surface area contributed by atoms with E-state index in [1.807, 2.05) is 0 Å². The Morgan fingerprint density at radius 2 is 2.30 bits per heavy atom. The molecule has 1 heterocycles. The molecular formula is C7H12INS. The van der Waals surface area contributed by atoms with Gasteiger partial charge in [-0.2, -0.15) is 0 Å². The highest BCUT2D eigenvalue weighted by Crippen LogP contribution is 2.18. The summed E-state index contributed by atoms with van der Waals surface area (Å²) in [4.78, 5) is 3.34. The molecule has 0 aliphatic carbocycles. The second kappa shape index (κ2) is 3.85. The molecule has 1 saturated heterocycles.